The largest absolute Gasteiger partial charge is 0.493 e. The van der Waals surface area contributed by atoms with Gasteiger partial charge in [-0.2, -0.15) is 5.10 Å². The molecule has 3 rings (SSSR count). The quantitative estimate of drug-likeness (QED) is 0.320. The van der Waals surface area contributed by atoms with Gasteiger partial charge in [-0.05, 0) is 30.7 Å². The smallest absolute Gasteiger partial charge is 0.250 e. The Morgan fingerprint density at radius 3 is 2.90 bits per heavy atom. The molecule has 0 radical (unpaired) electrons. The van der Waals surface area contributed by atoms with Crippen molar-refractivity contribution in [2.45, 2.75) is 38.2 Å². The molecule has 29 heavy (non-hydrogen) atoms. The van der Waals surface area contributed by atoms with Crippen LogP contribution in [0.15, 0.2) is 53.6 Å². The first-order valence-electron chi connectivity index (χ1n) is 9.94. The molecule has 1 aliphatic heterocycles. The molecule has 1 amide bonds. The van der Waals surface area contributed by atoms with Gasteiger partial charge in [-0.3, -0.25) is 4.79 Å². The first kappa shape index (κ1) is 21.0. The zero-order valence-electron chi connectivity index (χ0n) is 16.6. The standard InChI is InChI=1S/C22H27N3O3S/c1-2-3-4-9-14-27-19-12-7-5-10-17(19)15-23-25-21(26)16-29-22-24-18-11-6-8-13-20(18)28-22/h5-8,10-13,15,22,24H,2-4,9,14,16H2,1H3,(H,25,26). The van der Waals surface area contributed by atoms with Gasteiger partial charge in [0, 0.05) is 5.56 Å². The summed E-state index contributed by atoms with van der Waals surface area (Å²) in [6, 6.07) is 15.4. The monoisotopic (exact) mass is 413 g/mol. The van der Waals surface area contributed by atoms with Crippen LogP contribution < -0.4 is 20.2 Å². The van der Waals surface area contributed by atoms with Gasteiger partial charge in [0.05, 0.1) is 24.3 Å². The summed E-state index contributed by atoms with van der Waals surface area (Å²) in [4.78, 5) is 12.1. The molecule has 2 aromatic rings. The second kappa shape index (κ2) is 11.4. The number of carbonyl (C=O) groups is 1. The topological polar surface area (TPSA) is 72.0 Å². The highest BCUT2D eigenvalue weighted by atomic mass is 32.2. The molecule has 2 aromatic carbocycles. The van der Waals surface area contributed by atoms with E-state index < -0.39 is 0 Å². The fourth-order valence-corrected chi connectivity index (χ4v) is 3.57. The number of nitrogens with one attached hydrogen (secondary N) is 2. The highest BCUT2D eigenvalue weighted by Crippen LogP contribution is 2.34. The molecule has 1 atom stereocenters. The molecule has 7 heteroatoms. The maximum Gasteiger partial charge on any atom is 0.250 e. The van der Waals surface area contributed by atoms with E-state index in [9.17, 15) is 4.79 Å². The van der Waals surface area contributed by atoms with Gasteiger partial charge in [-0.15, -0.1) is 0 Å². The second-order valence-corrected chi connectivity index (χ2v) is 7.69. The molecule has 0 fully saturated rings. The molecule has 0 saturated carbocycles. The van der Waals surface area contributed by atoms with Crippen molar-refractivity contribution in [1.82, 2.24) is 5.43 Å². The Labute approximate surface area is 176 Å². The molecule has 6 nitrogen and oxygen atoms in total. The lowest BCUT2D eigenvalue weighted by molar-refractivity contribution is -0.118. The average Bonchev–Trinajstić information content (AvgIpc) is 3.16. The highest BCUT2D eigenvalue weighted by Gasteiger charge is 2.22. The fourth-order valence-electron chi connectivity index (χ4n) is 2.82. The lowest BCUT2D eigenvalue weighted by Gasteiger charge is -2.10. The Morgan fingerprint density at radius 1 is 1.21 bits per heavy atom. The zero-order chi connectivity index (χ0) is 20.3. The minimum Gasteiger partial charge on any atom is -0.493 e. The first-order valence-corrected chi connectivity index (χ1v) is 11.0. The number of carbonyl (C=O) groups excluding carboxylic acids is 1. The fraction of sp³-hybridized carbons (Fsp3) is 0.364. The number of fused-ring (bicyclic) bond motifs is 1. The van der Waals surface area contributed by atoms with Crippen molar-refractivity contribution >= 4 is 29.6 Å². The van der Waals surface area contributed by atoms with E-state index in [1.807, 2.05) is 48.5 Å². The third-order valence-electron chi connectivity index (χ3n) is 4.33. The lowest BCUT2D eigenvalue weighted by Crippen LogP contribution is -2.24. The number of nitrogens with zero attached hydrogens (tertiary/aromatic N) is 1. The number of hydrazone groups is 1. The molecule has 0 spiro atoms. The zero-order valence-corrected chi connectivity index (χ0v) is 17.4. The first-order chi connectivity index (χ1) is 14.3. The molecular formula is C22H27N3O3S. The maximum absolute atomic E-state index is 12.1. The van der Waals surface area contributed by atoms with Gasteiger partial charge in [-0.25, -0.2) is 5.43 Å². The minimum atomic E-state index is -0.274. The van der Waals surface area contributed by atoms with Crippen molar-refractivity contribution in [3.63, 3.8) is 0 Å². The number of thioether (sulfide) groups is 1. The third-order valence-corrected chi connectivity index (χ3v) is 5.27. The minimum absolute atomic E-state index is 0.189. The van der Waals surface area contributed by atoms with Crippen LogP contribution in [0.5, 0.6) is 11.5 Å². The summed E-state index contributed by atoms with van der Waals surface area (Å²) in [6.07, 6.45) is 6.25. The van der Waals surface area contributed by atoms with Crippen LogP contribution in [0.4, 0.5) is 5.69 Å². The number of unbranched alkanes of at least 4 members (excludes halogenated alkanes) is 3. The van der Waals surface area contributed by atoms with Crippen LogP contribution in [0.3, 0.4) is 0 Å². The molecule has 0 saturated heterocycles. The van der Waals surface area contributed by atoms with Crippen molar-refractivity contribution in [3.8, 4) is 11.5 Å². The Hall–Kier alpha value is -2.67. The van der Waals surface area contributed by atoms with Crippen LogP contribution in [-0.4, -0.2) is 30.0 Å². The molecule has 1 aliphatic rings. The van der Waals surface area contributed by atoms with Gasteiger partial charge in [-0.1, -0.05) is 62.2 Å². The van der Waals surface area contributed by atoms with E-state index in [-0.39, 0.29) is 17.2 Å². The van der Waals surface area contributed by atoms with Gasteiger partial charge in [0.2, 0.25) is 11.5 Å². The van der Waals surface area contributed by atoms with Crippen molar-refractivity contribution in [2.75, 3.05) is 17.7 Å². The number of amides is 1. The predicted molar refractivity (Wildman–Crippen MR) is 119 cm³/mol. The molecule has 2 N–H and O–H groups in total. The van der Waals surface area contributed by atoms with E-state index in [1.165, 1.54) is 31.0 Å². The summed E-state index contributed by atoms with van der Waals surface area (Å²) in [7, 11) is 0. The van der Waals surface area contributed by atoms with Crippen LogP contribution in [0.1, 0.15) is 38.2 Å². The van der Waals surface area contributed by atoms with Crippen molar-refractivity contribution < 1.29 is 14.3 Å². The van der Waals surface area contributed by atoms with E-state index in [4.69, 9.17) is 9.47 Å². The SMILES string of the molecule is CCCCCCOc1ccccc1C=NNC(=O)CSC1Nc2ccccc2O1. The molecule has 0 aliphatic carbocycles. The summed E-state index contributed by atoms with van der Waals surface area (Å²) in [5, 5.41) is 7.28. The van der Waals surface area contributed by atoms with E-state index in [0.717, 1.165) is 29.2 Å². The normalized spacial score (nSPS) is 14.9. The summed E-state index contributed by atoms with van der Waals surface area (Å²) >= 11 is 1.37. The number of hydrogen-bond donors (Lipinski definition) is 2. The number of rotatable bonds is 11. The van der Waals surface area contributed by atoms with Crippen molar-refractivity contribution in [2.24, 2.45) is 5.10 Å². The Balaban J connectivity index is 1.40. The summed E-state index contributed by atoms with van der Waals surface area (Å²) in [5.74, 6) is 1.62. The van der Waals surface area contributed by atoms with Crippen LogP contribution >= 0.6 is 11.8 Å². The molecule has 0 bridgehead atoms. The van der Waals surface area contributed by atoms with E-state index in [2.05, 4.69) is 22.8 Å². The Bertz CT molecular complexity index is 803. The highest BCUT2D eigenvalue weighted by molar-refractivity contribution is 8.00. The number of benzene rings is 2. The molecule has 154 valence electrons. The number of hydrogen-bond acceptors (Lipinski definition) is 6. The number of anilines is 1. The van der Waals surface area contributed by atoms with E-state index in [1.54, 1.807) is 6.21 Å². The molecule has 0 aromatic heterocycles. The number of para-hydroxylation sites is 3. The van der Waals surface area contributed by atoms with Gasteiger partial charge in [0.15, 0.2) is 0 Å². The van der Waals surface area contributed by atoms with Crippen LogP contribution in [-0.2, 0) is 4.79 Å². The maximum atomic E-state index is 12.1. The van der Waals surface area contributed by atoms with E-state index in [0.29, 0.717) is 6.61 Å². The number of ether oxygens (including phenoxy) is 2. The van der Waals surface area contributed by atoms with Crippen LogP contribution in [0, 0.1) is 0 Å². The summed E-state index contributed by atoms with van der Waals surface area (Å²) in [6.45, 7) is 2.88. The molecule has 1 unspecified atom stereocenters. The van der Waals surface area contributed by atoms with Crippen LogP contribution in [0.2, 0.25) is 0 Å². The van der Waals surface area contributed by atoms with E-state index >= 15 is 0 Å². The Morgan fingerprint density at radius 2 is 2.03 bits per heavy atom. The van der Waals surface area contributed by atoms with Gasteiger partial charge in [0.25, 0.3) is 0 Å². The van der Waals surface area contributed by atoms with Crippen LogP contribution in [0.25, 0.3) is 0 Å². The summed E-state index contributed by atoms with van der Waals surface area (Å²) < 4.78 is 11.6. The summed E-state index contributed by atoms with van der Waals surface area (Å²) in [5.41, 5.74) is 4.06. The molecular weight excluding hydrogens is 386 g/mol. The predicted octanol–water partition coefficient (Wildman–Crippen LogP) is 4.62. The van der Waals surface area contributed by atoms with Crippen molar-refractivity contribution in [3.05, 3.63) is 54.1 Å². The third kappa shape index (κ3) is 6.71. The average molecular weight is 414 g/mol. The second-order valence-electron chi connectivity index (χ2n) is 6.64. The van der Waals surface area contributed by atoms with Crippen molar-refractivity contribution in [1.29, 1.82) is 0 Å². The van der Waals surface area contributed by atoms with Gasteiger partial charge < -0.3 is 14.8 Å². The Kier molecular flexibility index (Phi) is 8.25. The molecule has 1 heterocycles. The van der Waals surface area contributed by atoms with Gasteiger partial charge >= 0.3 is 0 Å². The lowest BCUT2D eigenvalue weighted by atomic mass is 10.2. The van der Waals surface area contributed by atoms with Gasteiger partial charge in [0.1, 0.15) is 11.5 Å².